The number of nitrogens with one attached hydrogen (secondary N) is 3. The summed E-state index contributed by atoms with van der Waals surface area (Å²) in [6.45, 7) is 5.99. The molecule has 1 fully saturated rings. The number of aliphatic imine (C=N–C) groups is 1. The number of nitrogens with zero attached hydrogens (tertiary/aromatic N) is 1. The Kier molecular flexibility index (Phi) is 9.42. The molecule has 0 bridgehead atoms. The van der Waals surface area contributed by atoms with E-state index in [-0.39, 0.29) is 29.9 Å². The van der Waals surface area contributed by atoms with Crippen LogP contribution in [0.15, 0.2) is 29.3 Å². The number of sulfone groups is 1. The monoisotopic (exact) mass is 438 g/mol. The topological polar surface area (TPSA) is 109 Å². The van der Waals surface area contributed by atoms with Gasteiger partial charge >= 0.3 is 0 Å². The van der Waals surface area contributed by atoms with E-state index in [9.17, 15) is 13.2 Å². The third kappa shape index (κ3) is 8.22. The fourth-order valence-corrected chi connectivity index (χ4v) is 4.99. The van der Waals surface area contributed by atoms with Gasteiger partial charge in [0, 0.05) is 32.1 Å². The van der Waals surface area contributed by atoms with Gasteiger partial charge in [0.25, 0.3) is 0 Å². The predicted molar refractivity (Wildman–Crippen MR) is 120 cm³/mol. The maximum atomic E-state index is 12.0. The molecule has 1 aliphatic heterocycles. The zero-order chi connectivity index (χ0) is 22.0. The molecule has 2 unspecified atom stereocenters. The molecule has 3 N–H and O–H groups in total. The van der Waals surface area contributed by atoms with Crippen LogP contribution in [0.4, 0.5) is 0 Å². The molecule has 9 heteroatoms. The summed E-state index contributed by atoms with van der Waals surface area (Å²) in [4.78, 5) is 16.6. The summed E-state index contributed by atoms with van der Waals surface area (Å²) < 4.78 is 28.1. The molecule has 1 aromatic rings. The van der Waals surface area contributed by atoms with Crippen LogP contribution >= 0.6 is 0 Å². The minimum Gasteiger partial charge on any atom is -0.497 e. The third-order valence-electron chi connectivity index (χ3n) is 5.10. The van der Waals surface area contributed by atoms with Crippen LogP contribution in [0.3, 0.4) is 0 Å². The van der Waals surface area contributed by atoms with Crippen LogP contribution < -0.4 is 20.7 Å². The Bertz CT molecular complexity index is 809. The van der Waals surface area contributed by atoms with Crippen molar-refractivity contribution in [3.05, 3.63) is 29.8 Å². The number of hydrogen-bond acceptors (Lipinski definition) is 5. The second-order valence-electron chi connectivity index (χ2n) is 7.57. The van der Waals surface area contributed by atoms with E-state index in [1.54, 1.807) is 7.11 Å². The molecule has 2 rings (SSSR count). The fraction of sp³-hybridized carbons (Fsp3) is 0.619. The molecule has 0 saturated carbocycles. The minimum absolute atomic E-state index is 0.0443. The molecule has 1 saturated heterocycles. The predicted octanol–water partition coefficient (Wildman–Crippen LogP) is 1.44. The van der Waals surface area contributed by atoms with E-state index in [4.69, 9.17) is 4.74 Å². The largest absolute Gasteiger partial charge is 0.497 e. The first-order valence-electron chi connectivity index (χ1n) is 10.5. The Morgan fingerprint density at radius 3 is 2.60 bits per heavy atom. The highest BCUT2D eigenvalue weighted by Crippen LogP contribution is 2.21. The van der Waals surface area contributed by atoms with E-state index in [1.807, 2.05) is 19.1 Å². The van der Waals surface area contributed by atoms with Gasteiger partial charge in [-0.1, -0.05) is 19.1 Å². The molecule has 2 atom stereocenters. The lowest BCUT2D eigenvalue weighted by molar-refractivity contribution is -0.121. The minimum atomic E-state index is -2.99. The quantitative estimate of drug-likeness (QED) is 0.377. The van der Waals surface area contributed by atoms with E-state index in [2.05, 4.69) is 40.0 Å². The Hall–Kier alpha value is -2.29. The van der Waals surface area contributed by atoms with E-state index >= 15 is 0 Å². The number of methoxy groups -OCH3 is 1. The Morgan fingerprint density at radius 2 is 2.00 bits per heavy atom. The lowest BCUT2D eigenvalue weighted by Crippen LogP contribution is -2.41. The van der Waals surface area contributed by atoms with Crippen molar-refractivity contribution in [1.82, 2.24) is 16.0 Å². The maximum Gasteiger partial charge on any atom is 0.222 e. The molecular weight excluding hydrogens is 404 g/mol. The molecule has 1 aliphatic rings. The van der Waals surface area contributed by atoms with Gasteiger partial charge < -0.3 is 20.7 Å². The highest BCUT2D eigenvalue weighted by molar-refractivity contribution is 7.91. The number of hydrogen-bond donors (Lipinski definition) is 3. The SMILES string of the molecule is CCNC(=NCCC(C)c1ccc(OC)cc1)NCCC(=O)NC1CCS(=O)(=O)C1. The van der Waals surface area contributed by atoms with Gasteiger partial charge in [-0.05, 0) is 43.4 Å². The van der Waals surface area contributed by atoms with Gasteiger partial charge in [0.05, 0.1) is 18.6 Å². The van der Waals surface area contributed by atoms with E-state index in [1.165, 1.54) is 5.56 Å². The lowest BCUT2D eigenvalue weighted by Gasteiger charge is -2.14. The maximum absolute atomic E-state index is 12.0. The van der Waals surface area contributed by atoms with E-state index in [0.29, 0.717) is 31.4 Å². The van der Waals surface area contributed by atoms with Gasteiger partial charge in [-0.25, -0.2) is 8.42 Å². The Labute approximate surface area is 179 Å². The van der Waals surface area contributed by atoms with Crippen molar-refractivity contribution >= 4 is 21.7 Å². The summed E-state index contributed by atoms with van der Waals surface area (Å²) in [7, 11) is -1.33. The van der Waals surface area contributed by atoms with Crippen LogP contribution in [0, 0.1) is 0 Å². The fourth-order valence-electron chi connectivity index (χ4n) is 3.31. The molecular formula is C21H34N4O4S. The molecule has 1 amide bonds. The van der Waals surface area contributed by atoms with Crippen LogP contribution in [-0.2, 0) is 14.6 Å². The Balaban J connectivity index is 1.73. The number of benzene rings is 1. The van der Waals surface area contributed by atoms with Crippen LogP contribution in [0.2, 0.25) is 0 Å². The summed E-state index contributed by atoms with van der Waals surface area (Å²) in [5, 5.41) is 9.14. The molecule has 1 heterocycles. The number of amides is 1. The molecule has 1 aromatic carbocycles. The summed E-state index contributed by atoms with van der Waals surface area (Å²) in [5.41, 5.74) is 1.24. The molecule has 0 aliphatic carbocycles. The number of carbonyl (C=O) groups is 1. The zero-order valence-electron chi connectivity index (χ0n) is 18.1. The first kappa shape index (κ1) is 24.0. The number of guanidine groups is 1. The van der Waals surface area contributed by atoms with Crippen molar-refractivity contribution in [2.45, 2.75) is 45.1 Å². The van der Waals surface area contributed by atoms with Crippen molar-refractivity contribution < 1.29 is 17.9 Å². The van der Waals surface area contributed by atoms with Gasteiger partial charge in [-0.2, -0.15) is 0 Å². The molecule has 0 spiro atoms. The van der Waals surface area contributed by atoms with Crippen LogP contribution in [-0.4, -0.2) is 64.6 Å². The van der Waals surface area contributed by atoms with Crippen LogP contribution in [0.5, 0.6) is 5.75 Å². The second kappa shape index (κ2) is 11.8. The normalized spacial score (nSPS) is 19.2. The number of rotatable bonds is 10. The average Bonchev–Trinajstić information content (AvgIpc) is 3.06. The second-order valence-corrected chi connectivity index (χ2v) is 9.80. The summed E-state index contributed by atoms with van der Waals surface area (Å²) in [6, 6.07) is 7.82. The van der Waals surface area contributed by atoms with Gasteiger partial charge in [-0.3, -0.25) is 9.79 Å². The van der Waals surface area contributed by atoms with Crippen LogP contribution in [0.1, 0.15) is 44.6 Å². The number of carbonyl (C=O) groups excluding carboxylic acids is 1. The molecule has 30 heavy (non-hydrogen) atoms. The van der Waals surface area contributed by atoms with Gasteiger partial charge in [-0.15, -0.1) is 0 Å². The standard InChI is InChI=1S/C21H34N4O4S/c1-4-22-21(23-12-9-16(2)17-5-7-19(29-3)8-6-17)24-13-10-20(26)25-18-11-14-30(27,28)15-18/h5-8,16,18H,4,9-15H2,1-3H3,(H,25,26)(H2,22,23,24). The number of ether oxygens (including phenoxy) is 1. The van der Waals surface area contributed by atoms with Crippen molar-refractivity contribution in [3.8, 4) is 5.75 Å². The molecule has 168 valence electrons. The van der Waals surface area contributed by atoms with Crippen molar-refractivity contribution in [1.29, 1.82) is 0 Å². The van der Waals surface area contributed by atoms with Crippen molar-refractivity contribution in [2.75, 3.05) is 38.2 Å². The summed E-state index contributed by atoms with van der Waals surface area (Å²) >= 11 is 0. The van der Waals surface area contributed by atoms with E-state index < -0.39 is 9.84 Å². The third-order valence-corrected chi connectivity index (χ3v) is 6.87. The first-order chi connectivity index (χ1) is 14.3. The first-order valence-corrected chi connectivity index (χ1v) is 12.3. The molecule has 0 aromatic heterocycles. The van der Waals surface area contributed by atoms with Crippen molar-refractivity contribution in [3.63, 3.8) is 0 Å². The zero-order valence-corrected chi connectivity index (χ0v) is 18.9. The van der Waals surface area contributed by atoms with Gasteiger partial charge in [0.2, 0.25) is 5.91 Å². The van der Waals surface area contributed by atoms with Crippen LogP contribution in [0.25, 0.3) is 0 Å². The van der Waals surface area contributed by atoms with Gasteiger partial charge in [0.1, 0.15) is 5.75 Å². The highest BCUT2D eigenvalue weighted by Gasteiger charge is 2.28. The molecule has 8 nitrogen and oxygen atoms in total. The average molecular weight is 439 g/mol. The van der Waals surface area contributed by atoms with Crippen molar-refractivity contribution in [2.24, 2.45) is 4.99 Å². The summed E-state index contributed by atoms with van der Waals surface area (Å²) in [6.07, 6.45) is 1.67. The van der Waals surface area contributed by atoms with E-state index in [0.717, 1.165) is 18.7 Å². The lowest BCUT2D eigenvalue weighted by atomic mass is 9.98. The smallest absolute Gasteiger partial charge is 0.222 e. The highest BCUT2D eigenvalue weighted by atomic mass is 32.2. The Morgan fingerprint density at radius 1 is 1.27 bits per heavy atom. The molecule has 0 radical (unpaired) electrons. The van der Waals surface area contributed by atoms with Gasteiger partial charge in [0.15, 0.2) is 15.8 Å². The summed E-state index contributed by atoms with van der Waals surface area (Å²) in [5.74, 6) is 1.95.